The van der Waals surface area contributed by atoms with Crippen LogP contribution in [0, 0.1) is 13.8 Å². The SMILES string of the molecule is CCN(CC)Cc1ccc(P(c2ccc(CN(CC)CC)cc2)c2cc(C)ccc2Oc2ccc(C)cc2P(c2ccc(CN(CC)CC)cc2)c2ccc(CN(CC)CC)cc2)cc1.[Cl][Pd][Cl]. The number of ether oxygens (including phenoxy) is 1. The second-order valence-electron chi connectivity index (χ2n) is 17.3. The molecule has 0 radical (unpaired) electrons. The van der Waals surface area contributed by atoms with Crippen molar-refractivity contribution in [2.24, 2.45) is 0 Å². The van der Waals surface area contributed by atoms with Gasteiger partial charge in [0.2, 0.25) is 0 Å². The molecule has 0 unspecified atom stereocenters. The van der Waals surface area contributed by atoms with Gasteiger partial charge in [-0.15, -0.1) is 0 Å². The van der Waals surface area contributed by atoms with Crippen molar-refractivity contribution < 1.29 is 20.7 Å². The van der Waals surface area contributed by atoms with E-state index in [2.05, 4.69) is 222 Å². The Morgan fingerprint density at radius 3 is 0.794 bits per heavy atom. The maximum atomic E-state index is 7.43. The van der Waals surface area contributed by atoms with Crippen molar-refractivity contribution >= 4 is 66.7 Å². The summed E-state index contributed by atoms with van der Waals surface area (Å²) >= 11 is -0.106. The number of nitrogens with zero attached hydrogens (tertiary/aromatic N) is 4. The third-order valence-corrected chi connectivity index (χ3v) is 17.8. The monoisotopic (exact) mass is 1080 g/mol. The molecule has 6 aromatic rings. The van der Waals surface area contributed by atoms with Crippen molar-refractivity contribution in [3.05, 3.63) is 167 Å². The summed E-state index contributed by atoms with van der Waals surface area (Å²) in [4.78, 5) is 9.92. The van der Waals surface area contributed by atoms with Crippen LogP contribution < -0.4 is 36.6 Å². The summed E-state index contributed by atoms with van der Waals surface area (Å²) in [5.74, 6) is 1.84. The van der Waals surface area contributed by atoms with Gasteiger partial charge >= 0.3 is 35.0 Å². The summed E-state index contributed by atoms with van der Waals surface area (Å²) in [7, 11) is 7.71. The van der Waals surface area contributed by atoms with Crippen molar-refractivity contribution in [3.63, 3.8) is 0 Å². The van der Waals surface area contributed by atoms with E-state index in [0.29, 0.717) is 0 Å². The molecule has 0 bridgehead atoms. The molecule has 0 aliphatic rings. The minimum absolute atomic E-state index is 0.106. The second-order valence-corrected chi connectivity index (χ2v) is 24.0. The Kier molecular flexibility index (Phi) is 24.2. The first-order valence-electron chi connectivity index (χ1n) is 24.6. The molecular formula is C58H76Cl2N4OP2Pd. The summed E-state index contributed by atoms with van der Waals surface area (Å²) < 4.78 is 7.43. The van der Waals surface area contributed by atoms with Crippen molar-refractivity contribution in [1.29, 1.82) is 0 Å². The van der Waals surface area contributed by atoms with Crippen LogP contribution in [0.3, 0.4) is 0 Å². The van der Waals surface area contributed by atoms with Gasteiger partial charge in [0.15, 0.2) is 0 Å². The van der Waals surface area contributed by atoms with Crippen molar-refractivity contribution in [2.75, 3.05) is 52.4 Å². The zero-order valence-corrected chi connectivity index (χ0v) is 47.2. The summed E-state index contributed by atoms with van der Waals surface area (Å²) in [5.41, 5.74) is 7.87. The first kappa shape index (κ1) is 56.0. The first-order chi connectivity index (χ1) is 33.0. The summed E-state index contributed by atoms with van der Waals surface area (Å²) in [6.07, 6.45) is 0. The Balaban J connectivity index is 0.00000280. The van der Waals surface area contributed by atoms with E-state index in [9.17, 15) is 0 Å². The normalized spacial score (nSPS) is 11.7. The van der Waals surface area contributed by atoms with Gasteiger partial charge in [0.25, 0.3) is 0 Å². The van der Waals surface area contributed by atoms with E-state index in [1.165, 1.54) is 65.2 Å². The van der Waals surface area contributed by atoms with Gasteiger partial charge < -0.3 is 4.74 Å². The second kappa shape index (κ2) is 29.4. The molecule has 368 valence electrons. The predicted octanol–water partition coefficient (Wildman–Crippen LogP) is 12.4. The Morgan fingerprint density at radius 1 is 0.368 bits per heavy atom. The van der Waals surface area contributed by atoms with Crippen LogP contribution in [0.2, 0.25) is 0 Å². The molecule has 0 saturated carbocycles. The molecule has 0 heterocycles. The zero-order chi connectivity index (χ0) is 49.0. The number of benzene rings is 6. The number of hydrogen-bond donors (Lipinski definition) is 0. The van der Waals surface area contributed by atoms with E-state index in [1.54, 1.807) is 0 Å². The van der Waals surface area contributed by atoms with Crippen LogP contribution in [0.5, 0.6) is 11.5 Å². The predicted molar refractivity (Wildman–Crippen MR) is 298 cm³/mol. The Labute approximate surface area is 430 Å². The average molecular weight is 1080 g/mol. The van der Waals surface area contributed by atoms with Gasteiger partial charge in [-0.3, -0.25) is 19.6 Å². The van der Waals surface area contributed by atoms with Crippen molar-refractivity contribution in [1.82, 2.24) is 19.6 Å². The minimum atomic E-state index is -0.961. The van der Waals surface area contributed by atoms with Crippen molar-refractivity contribution in [3.8, 4) is 11.5 Å². The molecule has 10 heteroatoms. The van der Waals surface area contributed by atoms with E-state index in [1.807, 2.05) is 0 Å². The molecule has 0 aliphatic carbocycles. The van der Waals surface area contributed by atoms with E-state index >= 15 is 0 Å². The van der Waals surface area contributed by atoms with E-state index in [4.69, 9.17) is 23.8 Å². The Hall–Kier alpha value is -2.94. The van der Waals surface area contributed by atoms with E-state index < -0.39 is 15.8 Å². The molecule has 0 aromatic heterocycles. The standard InChI is InChI=1S/C58H76N4OP2.2ClH.Pd/c1-11-59(12-2)41-47-21-29-51(30-22-47)64(52-31-23-48(24-32-52)42-60(13-3)14-4)57-39-45(9)19-37-55(57)63-56-38-20-46(10)40-58(56)65(53-33-25-49(26-34-53)43-61(15-5)16-6)54-35-27-50(28-36-54)44-62(17-7)18-8;;;/h19-40H,11-18,41-44H2,1-10H3;2*1H;/q;;;+2/p-2. The van der Waals surface area contributed by atoms with Crippen LogP contribution in [-0.4, -0.2) is 72.0 Å². The molecule has 0 fully saturated rings. The first-order valence-corrected chi connectivity index (χ1v) is 31.3. The van der Waals surface area contributed by atoms with Gasteiger partial charge in [0.05, 0.1) is 0 Å². The topological polar surface area (TPSA) is 22.2 Å². The molecule has 6 aromatic carbocycles. The van der Waals surface area contributed by atoms with Crippen LogP contribution in [0.25, 0.3) is 0 Å². The van der Waals surface area contributed by atoms with Crippen LogP contribution >= 0.6 is 34.9 Å². The summed E-state index contributed by atoms with van der Waals surface area (Å²) in [6, 6.07) is 51.5. The molecule has 68 heavy (non-hydrogen) atoms. The van der Waals surface area contributed by atoms with Gasteiger partial charge in [-0.05, 0) is 150 Å². The van der Waals surface area contributed by atoms with E-state index in [-0.39, 0.29) is 15.9 Å². The molecule has 6 rings (SSSR count). The third-order valence-electron chi connectivity index (χ3n) is 12.9. The third kappa shape index (κ3) is 16.0. The molecule has 0 spiro atoms. The Bertz CT molecular complexity index is 2090. The fourth-order valence-electron chi connectivity index (χ4n) is 8.57. The van der Waals surface area contributed by atoms with Crippen LogP contribution in [0.15, 0.2) is 133 Å². The molecule has 5 nitrogen and oxygen atoms in total. The molecule has 0 atom stereocenters. The quantitative estimate of drug-likeness (QED) is 0.0444. The number of rotatable bonds is 24. The van der Waals surface area contributed by atoms with Gasteiger partial charge in [-0.25, -0.2) is 0 Å². The maximum absolute atomic E-state index is 7.43. The van der Waals surface area contributed by atoms with Crippen molar-refractivity contribution in [2.45, 2.75) is 95.4 Å². The van der Waals surface area contributed by atoms with Crippen LogP contribution in [0.4, 0.5) is 0 Å². The molecule has 0 N–H and O–H groups in total. The zero-order valence-electron chi connectivity index (χ0n) is 42.4. The van der Waals surface area contributed by atoms with E-state index in [0.717, 1.165) is 90.0 Å². The molecule has 0 saturated heterocycles. The molecular weight excluding hydrogens is 1010 g/mol. The summed E-state index contributed by atoms with van der Waals surface area (Å²) in [6.45, 7) is 34.6. The van der Waals surface area contributed by atoms with Crippen LogP contribution in [-0.2, 0) is 42.1 Å². The van der Waals surface area contributed by atoms with Gasteiger partial charge in [0, 0.05) is 36.8 Å². The van der Waals surface area contributed by atoms with Gasteiger partial charge in [-0.1, -0.05) is 176 Å². The summed E-state index contributed by atoms with van der Waals surface area (Å²) in [5, 5.41) is 7.80. The number of aryl methyl sites for hydroxylation is 2. The van der Waals surface area contributed by atoms with Crippen LogP contribution in [0.1, 0.15) is 88.8 Å². The Morgan fingerprint density at radius 2 is 0.588 bits per heavy atom. The van der Waals surface area contributed by atoms with Gasteiger partial charge in [0.1, 0.15) is 11.5 Å². The fourth-order valence-corrected chi connectivity index (χ4v) is 13.4. The fraction of sp³-hybridized carbons (Fsp3) is 0.379. The number of halogens is 2. The molecule has 0 aliphatic heterocycles. The molecule has 0 amide bonds. The van der Waals surface area contributed by atoms with Gasteiger partial charge in [-0.2, -0.15) is 0 Å². The average Bonchev–Trinajstić information content (AvgIpc) is 3.37. The number of hydrogen-bond acceptors (Lipinski definition) is 5.